The molecule has 1 fully saturated rings. The minimum absolute atomic E-state index is 0.00537. The van der Waals surface area contributed by atoms with E-state index in [1.807, 2.05) is 20.2 Å². The quantitative estimate of drug-likeness (QED) is 0.782. The van der Waals surface area contributed by atoms with Crippen LogP contribution in [0.1, 0.15) is 38.2 Å². The number of hydrogen-bond acceptors (Lipinski definition) is 3. The Morgan fingerprint density at radius 3 is 2.40 bits per heavy atom. The number of rotatable bonds is 4. The highest BCUT2D eigenvalue weighted by atomic mass is 19.1. The number of benzene rings is 1. The van der Waals surface area contributed by atoms with Gasteiger partial charge in [-0.3, -0.25) is 4.90 Å². The average molecular weight is 278 g/mol. The second kappa shape index (κ2) is 5.60. The molecule has 2 rings (SSSR count). The molecule has 3 nitrogen and oxygen atoms in total. The molecule has 20 heavy (non-hydrogen) atoms. The van der Waals surface area contributed by atoms with Gasteiger partial charge in [0.05, 0.1) is 6.54 Å². The van der Waals surface area contributed by atoms with Crippen LogP contribution in [-0.2, 0) is 5.54 Å². The fraction of sp³-hybridized carbons (Fsp3) is 0.625. The summed E-state index contributed by atoms with van der Waals surface area (Å²) in [6.07, 6.45) is 3.73. The summed E-state index contributed by atoms with van der Waals surface area (Å²) in [6, 6.07) is 6.90. The lowest BCUT2D eigenvalue weighted by Crippen LogP contribution is -2.46. The fourth-order valence-electron chi connectivity index (χ4n) is 3.35. The molecule has 1 aliphatic rings. The number of hydrogen-bond donors (Lipinski definition) is 0. The zero-order valence-electron chi connectivity index (χ0n) is 12.5. The van der Waals surface area contributed by atoms with E-state index in [0.29, 0.717) is 6.54 Å². The first-order chi connectivity index (χ1) is 9.42. The van der Waals surface area contributed by atoms with Gasteiger partial charge in [-0.1, -0.05) is 24.2 Å². The fourth-order valence-corrected chi connectivity index (χ4v) is 3.35. The van der Waals surface area contributed by atoms with E-state index >= 15 is 0 Å². The minimum Gasteiger partial charge on any atom is -0.300 e. The zero-order chi connectivity index (χ0) is 14.8. The van der Waals surface area contributed by atoms with Crippen LogP contribution in [0.2, 0.25) is 0 Å². The molecule has 0 saturated heterocycles. The molecule has 1 saturated carbocycles. The molecule has 0 amide bonds. The highest BCUT2D eigenvalue weighted by molar-refractivity contribution is 5.26. The van der Waals surface area contributed by atoms with E-state index in [4.69, 9.17) is 0 Å². The van der Waals surface area contributed by atoms with Crippen LogP contribution < -0.4 is 0 Å². The second-order valence-electron chi connectivity index (χ2n) is 6.53. The van der Waals surface area contributed by atoms with Gasteiger partial charge in [-0.15, -0.1) is 0 Å². The van der Waals surface area contributed by atoms with Crippen molar-refractivity contribution in [3.8, 4) is 0 Å². The Kier molecular flexibility index (Phi) is 4.23. The lowest BCUT2D eigenvalue weighted by molar-refractivity contribution is 0.0460. The van der Waals surface area contributed by atoms with E-state index in [-0.39, 0.29) is 16.8 Å². The molecule has 0 heterocycles. The topological polar surface area (TPSA) is 32.7 Å². The van der Waals surface area contributed by atoms with Gasteiger partial charge in [0.25, 0.3) is 0 Å². The highest BCUT2D eigenvalue weighted by Crippen LogP contribution is 2.48. The largest absolute Gasteiger partial charge is 0.300 e. The standard InChI is InChI=1S/C16H23FN2O/c1-15(12-18-20)7-9-16(10-8-15,19(2)3)13-5-4-6-14(17)11-13/h4-6,11H,7-10,12H2,1-3H3. The molecular formula is C16H23FN2O. The van der Waals surface area contributed by atoms with Crippen molar-refractivity contribution in [2.75, 3.05) is 20.6 Å². The molecule has 1 aromatic carbocycles. The van der Waals surface area contributed by atoms with E-state index in [1.54, 1.807) is 12.1 Å². The monoisotopic (exact) mass is 278 g/mol. The van der Waals surface area contributed by atoms with Gasteiger partial charge in [0.15, 0.2) is 0 Å². The predicted molar refractivity (Wildman–Crippen MR) is 79.0 cm³/mol. The molecule has 1 aromatic rings. The molecule has 0 unspecified atom stereocenters. The van der Waals surface area contributed by atoms with Crippen molar-refractivity contribution in [1.29, 1.82) is 0 Å². The zero-order valence-corrected chi connectivity index (χ0v) is 12.5. The van der Waals surface area contributed by atoms with Gasteiger partial charge in [-0.2, -0.15) is 4.91 Å². The van der Waals surface area contributed by atoms with E-state index < -0.39 is 0 Å². The van der Waals surface area contributed by atoms with Crippen molar-refractivity contribution in [3.63, 3.8) is 0 Å². The van der Waals surface area contributed by atoms with E-state index in [9.17, 15) is 9.30 Å². The Morgan fingerprint density at radius 2 is 1.90 bits per heavy atom. The third-order valence-corrected chi connectivity index (χ3v) is 4.95. The molecule has 0 aliphatic heterocycles. The number of nitrogens with zero attached hydrogens (tertiary/aromatic N) is 2. The van der Waals surface area contributed by atoms with Crippen molar-refractivity contribution in [3.05, 3.63) is 40.6 Å². The lowest BCUT2D eigenvalue weighted by atomic mass is 9.65. The van der Waals surface area contributed by atoms with Gasteiger partial charge in [0.1, 0.15) is 5.82 Å². The van der Waals surface area contributed by atoms with E-state index in [2.05, 4.69) is 17.0 Å². The van der Waals surface area contributed by atoms with Gasteiger partial charge < -0.3 is 0 Å². The van der Waals surface area contributed by atoms with E-state index in [1.165, 1.54) is 6.07 Å². The maximum absolute atomic E-state index is 13.6. The Balaban J connectivity index is 2.28. The van der Waals surface area contributed by atoms with Crippen LogP contribution in [0, 0.1) is 16.1 Å². The molecule has 0 bridgehead atoms. The summed E-state index contributed by atoms with van der Waals surface area (Å²) in [6.45, 7) is 2.50. The van der Waals surface area contributed by atoms with E-state index in [0.717, 1.165) is 31.2 Å². The van der Waals surface area contributed by atoms with Crippen molar-refractivity contribution < 1.29 is 4.39 Å². The Hall–Kier alpha value is -1.29. The Labute approximate surface area is 120 Å². The first kappa shape index (κ1) is 15.1. The molecule has 0 aromatic heterocycles. The summed E-state index contributed by atoms with van der Waals surface area (Å²) >= 11 is 0. The molecule has 0 radical (unpaired) electrons. The smallest absolute Gasteiger partial charge is 0.123 e. The first-order valence-corrected chi connectivity index (χ1v) is 7.14. The van der Waals surface area contributed by atoms with Crippen LogP contribution in [0.3, 0.4) is 0 Å². The summed E-state index contributed by atoms with van der Waals surface area (Å²) in [4.78, 5) is 12.8. The molecule has 1 aliphatic carbocycles. The Bertz CT molecular complexity index is 479. The van der Waals surface area contributed by atoms with Crippen molar-refractivity contribution in [2.45, 2.75) is 38.1 Å². The Morgan fingerprint density at radius 1 is 1.25 bits per heavy atom. The summed E-state index contributed by atoms with van der Waals surface area (Å²) in [5.41, 5.74) is 0.891. The SMILES string of the molecule is CN(C)C1(c2cccc(F)c2)CCC(C)(CN=O)CC1. The van der Waals surface area contributed by atoms with Crippen LogP contribution in [0.4, 0.5) is 4.39 Å². The summed E-state index contributed by atoms with van der Waals surface area (Å²) in [5.74, 6) is -0.188. The predicted octanol–water partition coefficient (Wildman–Crippen LogP) is 3.93. The van der Waals surface area contributed by atoms with Gasteiger partial charge in [-0.25, -0.2) is 4.39 Å². The maximum atomic E-state index is 13.6. The van der Waals surface area contributed by atoms with Crippen LogP contribution in [-0.4, -0.2) is 25.5 Å². The minimum atomic E-state index is -0.188. The maximum Gasteiger partial charge on any atom is 0.123 e. The molecule has 0 spiro atoms. The van der Waals surface area contributed by atoms with Gasteiger partial charge in [-0.05, 0) is 62.9 Å². The van der Waals surface area contributed by atoms with Crippen LogP contribution in [0.5, 0.6) is 0 Å². The lowest BCUT2D eigenvalue weighted by Gasteiger charge is -2.48. The van der Waals surface area contributed by atoms with Gasteiger partial charge in [0.2, 0.25) is 0 Å². The van der Waals surface area contributed by atoms with Crippen molar-refractivity contribution in [1.82, 2.24) is 4.90 Å². The number of nitroso groups, excluding NO2 is 1. The summed E-state index contributed by atoms with van der Waals surface area (Å²) < 4.78 is 13.6. The summed E-state index contributed by atoms with van der Waals surface area (Å²) in [5, 5.41) is 3.09. The van der Waals surface area contributed by atoms with Gasteiger partial charge >= 0.3 is 0 Å². The van der Waals surface area contributed by atoms with Crippen LogP contribution in [0.25, 0.3) is 0 Å². The number of halogens is 1. The molecule has 0 N–H and O–H groups in total. The third kappa shape index (κ3) is 2.75. The highest BCUT2D eigenvalue weighted by Gasteiger charge is 2.43. The second-order valence-corrected chi connectivity index (χ2v) is 6.53. The summed E-state index contributed by atoms with van der Waals surface area (Å²) in [7, 11) is 4.09. The van der Waals surface area contributed by atoms with Crippen molar-refractivity contribution >= 4 is 0 Å². The molecule has 110 valence electrons. The third-order valence-electron chi connectivity index (χ3n) is 4.95. The van der Waals surface area contributed by atoms with Crippen molar-refractivity contribution in [2.24, 2.45) is 10.6 Å². The molecule has 4 heteroatoms. The normalized spacial score (nSPS) is 30.4. The van der Waals surface area contributed by atoms with Gasteiger partial charge in [0, 0.05) is 5.54 Å². The van der Waals surface area contributed by atoms with Crippen LogP contribution in [0.15, 0.2) is 29.4 Å². The average Bonchev–Trinajstić information content (AvgIpc) is 2.39. The molecule has 0 atom stereocenters. The molecular weight excluding hydrogens is 255 g/mol. The first-order valence-electron chi connectivity index (χ1n) is 7.14. The van der Waals surface area contributed by atoms with Crippen LogP contribution >= 0.6 is 0 Å².